The summed E-state index contributed by atoms with van der Waals surface area (Å²) < 4.78 is 5.38. The number of nitrogens with one attached hydrogen (secondary N) is 1. The van der Waals surface area contributed by atoms with Crippen LogP contribution in [0.1, 0.15) is 41.0 Å². The molecule has 6 heteroatoms. The minimum atomic E-state index is -0.647. The number of carbonyl (C=O) groups excluding carboxylic acids is 2. The van der Waals surface area contributed by atoms with Gasteiger partial charge in [-0.25, -0.2) is 4.90 Å². The van der Waals surface area contributed by atoms with Gasteiger partial charge in [-0.1, -0.05) is 13.8 Å². The van der Waals surface area contributed by atoms with Gasteiger partial charge in [0.2, 0.25) is 17.7 Å². The fraction of sp³-hybridized carbons (Fsp3) is 0.857. The molecule has 0 aromatic heterocycles. The smallest absolute Gasteiger partial charge is 0.240 e. The molecule has 0 saturated carbocycles. The molecule has 4 fully saturated rings. The molecule has 4 aliphatic rings. The molecule has 0 bridgehead atoms. The first-order valence-corrected chi connectivity index (χ1v) is 7.72. The molecular formula is C14H25N3O3. The van der Waals surface area contributed by atoms with Crippen LogP contribution in [0.4, 0.5) is 0 Å². The van der Waals surface area contributed by atoms with Gasteiger partial charge in [-0.3, -0.25) is 9.59 Å². The van der Waals surface area contributed by atoms with Crippen LogP contribution in [0.2, 0.25) is 0 Å². The first kappa shape index (κ1) is 13.8. The predicted molar refractivity (Wildman–Crippen MR) is 74.8 cm³/mol. The standard InChI is InChI=1S/C12H17N3O3.C2H6.H2/c16-10-6-15(12(13-10)7-18-12)9-5-8-3-1-2-4-14(8)11(9)17;1-2;/h8-9H,1-7H2,(H,13,16);1-2H3;1H. The van der Waals surface area contributed by atoms with E-state index in [1.54, 1.807) is 0 Å². The van der Waals surface area contributed by atoms with E-state index in [0.717, 1.165) is 25.8 Å². The first-order valence-electron chi connectivity index (χ1n) is 7.72. The normalized spacial score (nSPS) is 39.4. The molecular weight excluding hydrogens is 258 g/mol. The molecule has 3 unspecified atom stereocenters. The Morgan fingerprint density at radius 3 is 2.75 bits per heavy atom. The lowest BCUT2D eigenvalue weighted by atomic mass is 10.0. The third-order valence-corrected chi connectivity index (χ3v) is 4.60. The summed E-state index contributed by atoms with van der Waals surface area (Å²) in [5, 5.41) is 2.83. The van der Waals surface area contributed by atoms with Crippen molar-refractivity contribution in [3.63, 3.8) is 0 Å². The van der Waals surface area contributed by atoms with E-state index in [2.05, 4.69) is 5.32 Å². The van der Waals surface area contributed by atoms with Crippen molar-refractivity contribution in [1.29, 1.82) is 0 Å². The Kier molecular flexibility index (Phi) is 3.46. The topological polar surface area (TPSA) is 65.2 Å². The Labute approximate surface area is 120 Å². The molecule has 0 radical (unpaired) electrons. The van der Waals surface area contributed by atoms with E-state index >= 15 is 0 Å². The second kappa shape index (κ2) is 5.00. The molecule has 0 aliphatic carbocycles. The van der Waals surface area contributed by atoms with Crippen LogP contribution in [0.15, 0.2) is 0 Å². The zero-order valence-electron chi connectivity index (χ0n) is 12.2. The van der Waals surface area contributed by atoms with Gasteiger partial charge in [0.05, 0.1) is 12.6 Å². The van der Waals surface area contributed by atoms with E-state index in [-0.39, 0.29) is 25.8 Å². The van der Waals surface area contributed by atoms with Crippen molar-refractivity contribution in [2.24, 2.45) is 0 Å². The molecule has 4 rings (SSSR count). The average Bonchev–Trinajstić information content (AvgIpc) is 3.06. The summed E-state index contributed by atoms with van der Waals surface area (Å²) in [6, 6.07) is 0.206. The van der Waals surface area contributed by atoms with Gasteiger partial charge in [-0.05, 0) is 25.7 Å². The Morgan fingerprint density at radius 1 is 1.35 bits per heavy atom. The van der Waals surface area contributed by atoms with Crippen molar-refractivity contribution >= 4 is 11.8 Å². The van der Waals surface area contributed by atoms with Crippen molar-refractivity contribution in [3.05, 3.63) is 0 Å². The van der Waals surface area contributed by atoms with Crippen molar-refractivity contribution in [2.45, 2.75) is 57.5 Å². The molecule has 2 amide bonds. The highest BCUT2D eigenvalue weighted by molar-refractivity contribution is 5.88. The quantitative estimate of drug-likeness (QED) is 0.713. The van der Waals surface area contributed by atoms with Crippen molar-refractivity contribution < 1.29 is 15.8 Å². The van der Waals surface area contributed by atoms with E-state index in [4.69, 9.17) is 4.74 Å². The van der Waals surface area contributed by atoms with Crippen LogP contribution in [0, 0.1) is 0 Å². The second-order valence-corrected chi connectivity index (χ2v) is 5.68. The van der Waals surface area contributed by atoms with E-state index in [9.17, 15) is 9.59 Å². The molecule has 0 aromatic rings. The van der Waals surface area contributed by atoms with E-state index in [1.807, 2.05) is 23.6 Å². The number of ether oxygens (including phenoxy) is 1. The average molecular weight is 283 g/mol. The number of hydrogen-bond acceptors (Lipinski definition) is 4. The number of amides is 2. The van der Waals surface area contributed by atoms with Crippen molar-refractivity contribution in [1.82, 2.24) is 15.1 Å². The third kappa shape index (κ3) is 2.02. The summed E-state index contributed by atoms with van der Waals surface area (Å²) >= 11 is 0. The minimum Gasteiger partial charge on any atom is -0.338 e. The SMILES string of the molecule is CC.O=C1CN(C2CC3CCCCN3C2=O)C2(CO2)N1.[HH]. The van der Waals surface area contributed by atoms with Gasteiger partial charge in [-0.15, -0.1) is 0 Å². The molecule has 4 heterocycles. The highest BCUT2D eigenvalue weighted by atomic mass is 16.6. The summed E-state index contributed by atoms with van der Waals surface area (Å²) in [5.41, 5.74) is 0. The predicted octanol–water partition coefficient (Wildman–Crippen LogP) is 0.528. The number of hydrogen-bond donors (Lipinski definition) is 1. The molecule has 1 spiro atoms. The fourth-order valence-corrected chi connectivity index (χ4v) is 3.63. The van der Waals surface area contributed by atoms with Gasteiger partial charge >= 0.3 is 0 Å². The Hall–Kier alpha value is -1.14. The highest BCUT2D eigenvalue weighted by Gasteiger charge is 2.61. The van der Waals surface area contributed by atoms with Gasteiger partial charge in [0, 0.05) is 14.0 Å². The lowest BCUT2D eigenvalue weighted by Crippen LogP contribution is -2.49. The molecule has 0 aromatic carbocycles. The monoisotopic (exact) mass is 283 g/mol. The summed E-state index contributed by atoms with van der Waals surface area (Å²) in [7, 11) is 0. The molecule has 4 saturated heterocycles. The maximum Gasteiger partial charge on any atom is 0.240 e. The highest BCUT2D eigenvalue weighted by Crippen LogP contribution is 2.39. The summed E-state index contributed by atoms with van der Waals surface area (Å²) in [5.74, 6) is -0.497. The Balaban J connectivity index is 0.000000517. The van der Waals surface area contributed by atoms with Crippen LogP contribution in [-0.2, 0) is 14.3 Å². The number of piperidine rings is 1. The van der Waals surface area contributed by atoms with Crippen LogP contribution >= 0.6 is 0 Å². The number of carbonyl (C=O) groups is 2. The van der Waals surface area contributed by atoms with E-state index in [0.29, 0.717) is 12.6 Å². The lowest BCUT2D eigenvalue weighted by molar-refractivity contribution is -0.135. The molecule has 6 nitrogen and oxygen atoms in total. The number of epoxide rings is 1. The van der Waals surface area contributed by atoms with Gasteiger partial charge in [0.1, 0.15) is 6.61 Å². The zero-order chi connectivity index (χ0) is 14.3. The molecule has 114 valence electrons. The molecule has 20 heavy (non-hydrogen) atoms. The van der Waals surface area contributed by atoms with Crippen LogP contribution in [0.3, 0.4) is 0 Å². The van der Waals surface area contributed by atoms with E-state index in [1.165, 1.54) is 6.42 Å². The number of fused-ring (bicyclic) bond motifs is 1. The summed E-state index contributed by atoms with van der Waals surface area (Å²) in [4.78, 5) is 27.9. The largest absolute Gasteiger partial charge is 0.338 e. The minimum absolute atomic E-state index is 0. The Morgan fingerprint density at radius 2 is 2.10 bits per heavy atom. The third-order valence-electron chi connectivity index (χ3n) is 4.60. The first-order chi connectivity index (χ1) is 9.70. The van der Waals surface area contributed by atoms with Gasteiger partial charge in [-0.2, -0.15) is 0 Å². The van der Waals surface area contributed by atoms with Crippen molar-refractivity contribution in [3.8, 4) is 0 Å². The van der Waals surface area contributed by atoms with Crippen molar-refractivity contribution in [2.75, 3.05) is 19.7 Å². The maximum atomic E-state index is 12.4. The van der Waals surface area contributed by atoms with Gasteiger partial charge in [0.15, 0.2) is 0 Å². The number of rotatable bonds is 1. The van der Waals surface area contributed by atoms with Crippen LogP contribution in [-0.4, -0.2) is 59.2 Å². The maximum absolute atomic E-state index is 12.4. The lowest BCUT2D eigenvalue weighted by Gasteiger charge is -2.29. The van der Waals surface area contributed by atoms with Crippen LogP contribution < -0.4 is 5.32 Å². The Bertz CT molecular complexity index is 428. The molecule has 3 atom stereocenters. The number of nitrogens with zero attached hydrogens (tertiary/aromatic N) is 2. The summed E-state index contributed by atoms with van der Waals surface area (Å²) in [6.07, 6.45) is 4.26. The molecule has 1 N–H and O–H groups in total. The molecule has 4 aliphatic heterocycles. The van der Waals surface area contributed by atoms with Gasteiger partial charge < -0.3 is 15.0 Å². The second-order valence-electron chi connectivity index (χ2n) is 5.68. The van der Waals surface area contributed by atoms with Crippen LogP contribution in [0.5, 0.6) is 0 Å². The van der Waals surface area contributed by atoms with E-state index < -0.39 is 5.85 Å². The van der Waals surface area contributed by atoms with Crippen LogP contribution in [0.25, 0.3) is 0 Å². The zero-order valence-corrected chi connectivity index (χ0v) is 12.2. The fourth-order valence-electron chi connectivity index (χ4n) is 3.63. The summed E-state index contributed by atoms with van der Waals surface area (Å²) in [6.45, 7) is 5.67. The van der Waals surface area contributed by atoms with Gasteiger partial charge in [0.25, 0.3) is 0 Å².